The second-order valence-electron chi connectivity index (χ2n) is 5.43. The molecule has 0 unspecified atom stereocenters. The predicted molar refractivity (Wildman–Crippen MR) is 93.6 cm³/mol. The second kappa shape index (κ2) is 6.23. The first-order valence-electron chi connectivity index (χ1n) is 6.99. The van der Waals surface area contributed by atoms with Gasteiger partial charge in [0, 0.05) is 24.8 Å². The Morgan fingerprint density at radius 2 is 2.09 bits per heavy atom. The molecule has 0 amide bonds. The number of nitrogens with zero attached hydrogens (tertiary/aromatic N) is 3. The number of aliphatic imine (C=N–C) groups is 1. The van der Waals surface area contributed by atoms with Crippen molar-refractivity contribution in [3.05, 3.63) is 42.1 Å². The van der Waals surface area contributed by atoms with E-state index in [1.807, 2.05) is 62.0 Å². The van der Waals surface area contributed by atoms with Crippen LogP contribution in [0.4, 0.5) is 0 Å². The summed E-state index contributed by atoms with van der Waals surface area (Å²) in [6, 6.07) is 10.1. The van der Waals surface area contributed by atoms with Gasteiger partial charge < -0.3 is 15.3 Å². The molecule has 0 radical (unpaired) electrons. The predicted octanol–water partition coefficient (Wildman–Crippen LogP) is 3.10. The Morgan fingerprint density at radius 3 is 2.73 bits per heavy atom. The molecular weight excluding hydrogens is 298 g/mol. The van der Waals surface area contributed by atoms with Crippen molar-refractivity contribution in [1.29, 1.82) is 0 Å². The van der Waals surface area contributed by atoms with Gasteiger partial charge in [0.1, 0.15) is 5.84 Å². The monoisotopic (exact) mass is 317 g/mol. The molecule has 116 valence electrons. The minimum Gasteiger partial charge on any atom is -0.383 e. The lowest BCUT2D eigenvalue weighted by atomic mass is 10.2. The topological polar surface area (TPSA) is 72.0 Å². The molecule has 0 saturated heterocycles. The van der Waals surface area contributed by atoms with Gasteiger partial charge in [0.05, 0.1) is 16.7 Å². The van der Waals surface area contributed by atoms with Gasteiger partial charge in [-0.2, -0.15) is 0 Å². The Morgan fingerprint density at radius 1 is 1.32 bits per heavy atom. The Balaban J connectivity index is 0.00000176. The quantitative estimate of drug-likeness (QED) is 0.575. The van der Waals surface area contributed by atoms with Crippen molar-refractivity contribution < 1.29 is 0 Å². The van der Waals surface area contributed by atoms with Crippen LogP contribution in [0.15, 0.2) is 41.5 Å². The fourth-order valence-corrected chi connectivity index (χ4v) is 2.35. The fraction of sp³-hybridized carbons (Fsp3) is 0.250. The first-order valence-corrected chi connectivity index (χ1v) is 6.99. The molecule has 0 spiro atoms. The van der Waals surface area contributed by atoms with E-state index in [4.69, 9.17) is 5.73 Å². The minimum absolute atomic E-state index is 0. The van der Waals surface area contributed by atoms with Gasteiger partial charge in [-0.25, -0.2) is 4.98 Å². The van der Waals surface area contributed by atoms with Crippen LogP contribution in [0.25, 0.3) is 22.6 Å². The maximum Gasteiger partial charge on any atom is 0.155 e. The summed E-state index contributed by atoms with van der Waals surface area (Å²) < 4.78 is 2.03. The number of H-pyrrole nitrogens is 1. The maximum atomic E-state index is 6.02. The summed E-state index contributed by atoms with van der Waals surface area (Å²) >= 11 is 0. The van der Waals surface area contributed by atoms with Gasteiger partial charge in [0.2, 0.25) is 0 Å². The highest BCUT2D eigenvalue weighted by Gasteiger charge is 2.09. The summed E-state index contributed by atoms with van der Waals surface area (Å²) in [5.41, 5.74) is 9.88. The third-order valence-electron chi connectivity index (χ3n) is 3.36. The summed E-state index contributed by atoms with van der Waals surface area (Å²) in [5, 5.41) is 0. The van der Waals surface area contributed by atoms with Crippen molar-refractivity contribution in [3.63, 3.8) is 0 Å². The Kier molecular flexibility index (Phi) is 4.56. The van der Waals surface area contributed by atoms with Gasteiger partial charge in [-0.3, -0.25) is 4.99 Å². The number of aromatic amines is 1. The van der Waals surface area contributed by atoms with E-state index in [1.54, 1.807) is 0 Å². The molecule has 22 heavy (non-hydrogen) atoms. The molecule has 0 saturated carbocycles. The van der Waals surface area contributed by atoms with Crippen molar-refractivity contribution in [2.75, 3.05) is 0 Å². The van der Waals surface area contributed by atoms with Crippen molar-refractivity contribution in [2.45, 2.75) is 19.9 Å². The molecule has 0 aliphatic rings. The first kappa shape index (κ1) is 16.1. The molecule has 2 aromatic heterocycles. The number of imidazole rings is 1. The number of aryl methyl sites for hydroxylation is 1. The van der Waals surface area contributed by atoms with Gasteiger partial charge in [0.25, 0.3) is 0 Å². The molecule has 0 bridgehead atoms. The maximum absolute atomic E-state index is 6.02. The number of halogens is 1. The number of aromatic nitrogens is 3. The van der Waals surface area contributed by atoms with Crippen molar-refractivity contribution in [3.8, 4) is 11.5 Å². The SMILES string of the molecule is CC(C)N=C(N)c1ccc2nc(-c3cccn3C)[nH]c2c1.Cl. The molecule has 5 nitrogen and oxygen atoms in total. The van der Waals surface area contributed by atoms with E-state index >= 15 is 0 Å². The largest absolute Gasteiger partial charge is 0.383 e. The molecule has 0 aliphatic carbocycles. The molecule has 2 heterocycles. The van der Waals surface area contributed by atoms with Crippen LogP contribution in [-0.4, -0.2) is 26.4 Å². The van der Waals surface area contributed by atoms with Crippen LogP contribution in [-0.2, 0) is 7.05 Å². The highest BCUT2D eigenvalue weighted by Crippen LogP contribution is 2.21. The number of amidine groups is 1. The van der Waals surface area contributed by atoms with E-state index in [0.29, 0.717) is 5.84 Å². The Labute approximate surface area is 135 Å². The average Bonchev–Trinajstić information content (AvgIpc) is 3.02. The van der Waals surface area contributed by atoms with Crippen LogP contribution in [0, 0.1) is 0 Å². The summed E-state index contributed by atoms with van der Waals surface area (Å²) in [6.07, 6.45) is 2.00. The molecule has 3 rings (SSSR count). The van der Waals surface area contributed by atoms with Crippen LogP contribution < -0.4 is 5.73 Å². The summed E-state index contributed by atoms with van der Waals surface area (Å²) in [6.45, 7) is 4.02. The van der Waals surface area contributed by atoms with E-state index in [2.05, 4.69) is 15.0 Å². The molecule has 3 N–H and O–H groups in total. The van der Waals surface area contributed by atoms with Gasteiger partial charge in [-0.1, -0.05) is 0 Å². The van der Waals surface area contributed by atoms with E-state index < -0.39 is 0 Å². The minimum atomic E-state index is 0. The number of benzene rings is 1. The lowest BCUT2D eigenvalue weighted by Gasteiger charge is -2.03. The number of nitrogens with one attached hydrogen (secondary N) is 1. The number of hydrogen-bond acceptors (Lipinski definition) is 2. The zero-order valence-electron chi connectivity index (χ0n) is 12.9. The van der Waals surface area contributed by atoms with E-state index in [1.165, 1.54) is 0 Å². The number of nitrogens with two attached hydrogens (primary N) is 1. The highest BCUT2D eigenvalue weighted by atomic mass is 35.5. The van der Waals surface area contributed by atoms with E-state index in [9.17, 15) is 0 Å². The standard InChI is InChI=1S/C16H19N5.ClH/c1-10(2)18-15(17)11-6-7-12-13(9-11)20-16(19-12)14-5-4-8-21(14)3;/h4-10H,1-3H3,(H2,17,18)(H,19,20);1H. The third kappa shape index (κ3) is 2.99. The number of fused-ring (bicyclic) bond motifs is 1. The van der Waals surface area contributed by atoms with Crippen LogP contribution in [0.5, 0.6) is 0 Å². The van der Waals surface area contributed by atoms with Gasteiger partial charge in [-0.05, 0) is 44.2 Å². The van der Waals surface area contributed by atoms with Gasteiger partial charge in [0.15, 0.2) is 5.82 Å². The average molecular weight is 318 g/mol. The fourth-order valence-electron chi connectivity index (χ4n) is 2.35. The molecule has 3 aromatic rings. The first-order chi connectivity index (χ1) is 10.0. The lowest BCUT2D eigenvalue weighted by molar-refractivity contribution is 0.834. The normalized spacial score (nSPS) is 11.9. The second-order valence-corrected chi connectivity index (χ2v) is 5.43. The number of rotatable bonds is 3. The Bertz CT molecular complexity index is 813. The molecule has 0 aliphatic heterocycles. The molecule has 0 atom stereocenters. The lowest BCUT2D eigenvalue weighted by Crippen LogP contribution is -2.15. The van der Waals surface area contributed by atoms with Crippen LogP contribution in [0.1, 0.15) is 19.4 Å². The zero-order valence-corrected chi connectivity index (χ0v) is 13.7. The molecule has 6 heteroatoms. The van der Waals surface area contributed by atoms with E-state index in [0.717, 1.165) is 28.1 Å². The summed E-state index contributed by atoms with van der Waals surface area (Å²) in [5.74, 6) is 1.41. The van der Waals surface area contributed by atoms with Crippen molar-refractivity contribution >= 4 is 29.3 Å². The van der Waals surface area contributed by atoms with Crippen molar-refractivity contribution in [1.82, 2.24) is 14.5 Å². The summed E-state index contributed by atoms with van der Waals surface area (Å²) in [7, 11) is 2.00. The molecule has 0 fully saturated rings. The smallest absolute Gasteiger partial charge is 0.155 e. The molecular formula is C16H20ClN5. The van der Waals surface area contributed by atoms with Crippen LogP contribution in [0.2, 0.25) is 0 Å². The van der Waals surface area contributed by atoms with Crippen LogP contribution >= 0.6 is 12.4 Å². The van der Waals surface area contributed by atoms with Crippen molar-refractivity contribution in [2.24, 2.45) is 17.8 Å². The summed E-state index contributed by atoms with van der Waals surface area (Å²) in [4.78, 5) is 12.3. The zero-order chi connectivity index (χ0) is 15.0. The van der Waals surface area contributed by atoms with Gasteiger partial charge >= 0.3 is 0 Å². The number of hydrogen-bond donors (Lipinski definition) is 2. The van der Waals surface area contributed by atoms with Crippen LogP contribution in [0.3, 0.4) is 0 Å². The highest BCUT2D eigenvalue weighted by molar-refractivity contribution is 6.00. The molecule has 1 aromatic carbocycles. The Hall–Kier alpha value is -2.27. The van der Waals surface area contributed by atoms with Gasteiger partial charge in [-0.15, -0.1) is 12.4 Å². The van der Waals surface area contributed by atoms with E-state index in [-0.39, 0.29) is 18.4 Å². The third-order valence-corrected chi connectivity index (χ3v) is 3.36.